The predicted octanol–water partition coefficient (Wildman–Crippen LogP) is 3.98. The molecule has 0 radical (unpaired) electrons. The Kier molecular flexibility index (Phi) is 9.76. The molecule has 0 saturated heterocycles. The first-order chi connectivity index (χ1) is 16.7. The molecule has 0 atom stereocenters. The molecule has 0 aliphatic carbocycles. The Morgan fingerprint density at radius 1 is 1.06 bits per heavy atom. The van der Waals surface area contributed by atoms with Gasteiger partial charge in [-0.1, -0.05) is 0 Å². The number of methoxy groups -OCH3 is 1. The molecule has 0 fully saturated rings. The third-order valence-electron chi connectivity index (χ3n) is 4.73. The molecular weight excluding hydrogens is 517 g/mol. The summed E-state index contributed by atoms with van der Waals surface area (Å²) in [5.41, 5.74) is -4.66. The lowest BCUT2D eigenvalue weighted by Gasteiger charge is -2.08. The van der Waals surface area contributed by atoms with Crippen molar-refractivity contribution >= 4 is 21.1 Å². The second-order valence-electron chi connectivity index (χ2n) is 7.44. The molecule has 14 heteroatoms. The van der Waals surface area contributed by atoms with Crippen molar-refractivity contribution in [3.63, 3.8) is 0 Å². The number of aromatic nitrogens is 1. The van der Waals surface area contributed by atoms with Gasteiger partial charge in [-0.15, -0.1) is 0 Å². The number of hydrogen-bond acceptors (Lipinski definition) is 7. The molecule has 0 amide bonds. The van der Waals surface area contributed by atoms with Gasteiger partial charge in [0.1, 0.15) is 17.9 Å². The maximum absolute atomic E-state index is 13.7. The summed E-state index contributed by atoms with van der Waals surface area (Å²) >= 11 is 0. The van der Waals surface area contributed by atoms with Gasteiger partial charge < -0.3 is 18.4 Å². The summed E-state index contributed by atoms with van der Waals surface area (Å²) < 4.78 is 103. The van der Waals surface area contributed by atoms with Gasteiger partial charge >= 0.3 is 11.1 Å². The van der Waals surface area contributed by atoms with Crippen molar-refractivity contribution in [2.45, 2.75) is 38.2 Å². The molecule has 2 heterocycles. The smallest absolute Gasteiger partial charge is 0.485 e. The van der Waals surface area contributed by atoms with E-state index in [2.05, 4.69) is 4.74 Å². The summed E-state index contributed by atoms with van der Waals surface area (Å²) in [6, 6.07) is 6.88. The molecule has 0 aliphatic heterocycles. The third-order valence-corrected chi connectivity index (χ3v) is 5.30. The minimum absolute atomic E-state index is 0.369. The van der Waals surface area contributed by atoms with Crippen LogP contribution in [0.3, 0.4) is 0 Å². The fourth-order valence-electron chi connectivity index (χ4n) is 3.04. The second-order valence-corrected chi connectivity index (χ2v) is 8.81. The lowest BCUT2D eigenvalue weighted by Crippen LogP contribution is -2.34. The Morgan fingerprint density at radius 2 is 1.67 bits per heavy atom. The maximum Gasteiger partial charge on any atom is 0.485 e. The van der Waals surface area contributed by atoms with Gasteiger partial charge in [0.15, 0.2) is 10.1 Å². The molecule has 0 spiro atoms. The molecule has 8 nitrogen and oxygen atoms in total. The normalized spacial score (nSPS) is 11.7. The third kappa shape index (κ3) is 8.16. The van der Waals surface area contributed by atoms with Crippen molar-refractivity contribution < 1.29 is 53.4 Å². The summed E-state index contributed by atoms with van der Waals surface area (Å²) in [5, 5.41) is 0.878. The molecule has 2 aromatic heterocycles. The molecule has 3 aromatic rings. The fourth-order valence-corrected chi connectivity index (χ4v) is 3.04. The monoisotopic (exact) mass is 539 g/mol. The lowest BCUT2D eigenvalue weighted by molar-refractivity contribution is -0.700. The number of halogens is 5. The molecule has 0 bridgehead atoms. The van der Waals surface area contributed by atoms with Crippen LogP contribution in [0.4, 0.5) is 22.0 Å². The zero-order valence-corrected chi connectivity index (χ0v) is 19.9. The molecule has 1 aromatic carbocycles. The number of rotatable bonds is 8. The highest BCUT2D eigenvalue weighted by Crippen LogP contribution is 2.23. The van der Waals surface area contributed by atoms with Gasteiger partial charge in [-0.3, -0.25) is 0 Å². The van der Waals surface area contributed by atoms with E-state index in [0.717, 1.165) is 30.2 Å². The minimum atomic E-state index is -6.09. The van der Waals surface area contributed by atoms with Crippen LogP contribution in [0.2, 0.25) is 0 Å². The van der Waals surface area contributed by atoms with Crippen LogP contribution in [0, 0.1) is 18.6 Å². The summed E-state index contributed by atoms with van der Waals surface area (Å²) in [6.07, 6.45) is 4.83. The standard InChI is InChI=1S/C21H22F2NO4.CHF3O3S/c1-14-10-20(25)28-19-11-15(6-7-16(14)19)27-9-5-3-4-8-24-12-17(22)21(26-2)18(23)13-24;2-1(3,4)8(5,6)7/h6-7,10-13H,3-5,8-9H2,1-2H3;(H,5,6,7)/q+1;/p-1. The van der Waals surface area contributed by atoms with Crippen LogP contribution in [0.5, 0.6) is 11.5 Å². The Morgan fingerprint density at radius 3 is 2.22 bits per heavy atom. The number of alkyl halides is 3. The molecule has 0 aliphatic rings. The highest BCUT2D eigenvalue weighted by molar-refractivity contribution is 7.86. The van der Waals surface area contributed by atoms with Crippen LogP contribution in [0.15, 0.2) is 45.9 Å². The summed E-state index contributed by atoms with van der Waals surface area (Å²) in [6.45, 7) is 2.86. The Hall–Kier alpha value is -3.26. The van der Waals surface area contributed by atoms with Crippen LogP contribution >= 0.6 is 0 Å². The lowest BCUT2D eigenvalue weighted by atomic mass is 10.1. The van der Waals surface area contributed by atoms with E-state index >= 15 is 0 Å². The topological polar surface area (TPSA) is 110 Å². The van der Waals surface area contributed by atoms with Gasteiger partial charge in [-0.05, 0) is 37.5 Å². The van der Waals surface area contributed by atoms with E-state index in [9.17, 15) is 26.7 Å². The molecule has 198 valence electrons. The van der Waals surface area contributed by atoms with Crippen LogP contribution in [0.25, 0.3) is 11.0 Å². The van der Waals surface area contributed by atoms with E-state index < -0.39 is 27.3 Å². The first-order valence-corrected chi connectivity index (χ1v) is 11.8. The molecule has 0 N–H and O–H groups in total. The van der Waals surface area contributed by atoms with Crippen molar-refractivity contribution in [3.05, 3.63) is 64.3 Å². The number of unbranched alkanes of at least 4 members (excludes halogenated alkanes) is 2. The van der Waals surface area contributed by atoms with Crippen molar-refractivity contribution in [2.75, 3.05) is 13.7 Å². The Labute approximate surface area is 202 Å². The maximum atomic E-state index is 13.7. The average Bonchev–Trinajstić information content (AvgIpc) is 2.74. The minimum Gasteiger partial charge on any atom is -0.741 e. The Bertz CT molecular complexity index is 1330. The van der Waals surface area contributed by atoms with E-state index in [1.54, 1.807) is 6.07 Å². The van der Waals surface area contributed by atoms with Gasteiger partial charge in [-0.25, -0.2) is 13.2 Å². The van der Waals surface area contributed by atoms with E-state index in [1.165, 1.54) is 30.1 Å². The quantitative estimate of drug-likeness (QED) is 0.106. The van der Waals surface area contributed by atoms with Gasteiger partial charge in [-0.2, -0.15) is 26.5 Å². The zero-order valence-electron chi connectivity index (χ0n) is 19.1. The Balaban J connectivity index is 0.000000493. The molecule has 0 saturated carbocycles. The van der Waals surface area contributed by atoms with Gasteiger partial charge in [0.05, 0.1) is 13.7 Å². The van der Waals surface area contributed by atoms with Gasteiger partial charge in [0, 0.05) is 23.9 Å². The fraction of sp³-hybridized carbons (Fsp3) is 0.364. The number of ether oxygens (including phenoxy) is 2. The highest BCUT2D eigenvalue weighted by atomic mass is 32.2. The van der Waals surface area contributed by atoms with Crippen molar-refractivity contribution in [3.8, 4) is 11.5 Å². The van der Waals surface area contributed by atoms with Crippen LogP contribution in [-0.2, 0) is 16.7 Å². The summed E-state index contributed by atoms with van der Waals surface area (Å²) in [4.78, 5) is 11.5. The van der Waals surface area contributed by atoms with Gasteiger partial charge in [0.25, 0.3) is 0 Å². The number of pyridine rings is 1. The van der Waals surface area contributed by atoms with Crippen molar-refractivity contribution in [2.24, 2.45) is 0 Å². The molecule has 3 rings (SSSR count). The highest BCUT2D eigenvalue weighted by Gasteiger charge is 2.36. The number of fused-ring (bicyclic) bond motifs is 1. The first kappa shape index (κ1) is 29.0. The molecule has 36 heavy (non-hydrogen) atoms. The van der Waals surface area contributed by atoms with E-state index in [-0.39, 0.29) is 11.4 Å². The summed E-state index contributed by atoms with van der Waals surface area (Å²) in [5.74, 6) is -1.17. The van der Waals surface area contributed by atoms with Crippen LogP contribution < -0.4 is 19.7 Å². The zero-order chi connectivity index (χ0) is 27.1. The predicted molar refractivity (Wildman–Crippen MR) is 115 cm³/mol. The van der Waals surface area contributed by atoms with Crippen molar-refractivity contribution in [1.29, 1.82) is 0 Å². The van der Waals surface area contributed by atoms with Crippen LogP contribution in [-0.4, -0.2) is 32.2 Å². The molecular formula is C22H22F5NO7S. The largest absolute Gasteiger partial charge is 0.741 e. The summed E-state index contributed by atoms with van der Waals surface area (Å²) in [7, 11) is -4.86. The first-order valence-electron chi connectivity index (χ1n) is 10.3. The SMILES string of the molecule is COc1c(F)c[n+](CCCCCOc2ccc3c(C)cc(=O)oc3c2)cc1F.O=S(=O)([O-])C(F)(F)F. The number of hydrogen-bond donors (Lipinski definition) is 0. The van der Waals surface area contributed by atoms with E-state index in [0.29, 0.717) is 24.5 Å². The van der Waals surface area contributed by atoms with Crippen molar-refractivity contribution in [1.82, 2.24) is 0 Å². The van der Waals surface area contributed by atoms with E-state index in [1.807, 2.05) is 19.1 Å². The second kappa shape index (κ2) is 12.1. The molecule has 0 unspecified atom stereocenters. The van der Waals surface area contributed by atoms with Gasteiger partial charge in [0.2, 0.25) is 29.8 Å². The number of benzene rings is 1. The van der Waals surface area contributed by atoms with E-state index in [4.69, 9.17) is 22.1 Å². The van der Waals surface area contributed by atoms with Crippen LogP contribution in [0.1, 0.15) is 24.8 Å². The number of nitrogens with zero attached hydrogens (tertiary/aromatic N) is 1. The average molecular weight is 539 g/mol. The number of aryl methyl sites for hydroxylation is 2.